The van der Waals surface area contributed by atoms with Gasteiger partial charge in [-0.25, -0.2) is 10.8 Å². The minimum absolute atomic E-state index is 0.751. The average molecular weight is 267 g/mol. The molecule has 2 aromatic heterocycles. The van der Waals surface area contributed by atoms with Gasteiger partial charge in [-0.2, -0.15) is 9.61 Å². The van der Waals surface area contributed by atoms with Gasteiger partial charge in [0.15, 0.2) is 5.65 Å². The molecule has 5 heteroatoms. The lowest BCUT2D eigenvalue weighted by molar-refractivity contribution is 0.859. The molecule has 5 nitrogen and oxygen atoms in total. The van der Waals surface area contributed by atoms with Crippen molar-refractivity contribution in [3.63, 3.8) is 0 Å². The molecule has 0 aliphatic carbocycles. The van der Waals surface area contributed by atoms with Crippen LogP contribution in [0.4, 0.5) is 5.82 Å². The summed E-state index contributed by atoms with van der Waals surface area (Å²) in [5.41, 5.74) is 6.48. The summed E-state index contributed by atoms with van der Waals surface area (Å²) in [5.74, 6) is 6.34. The summed E-state index contributed by atoms with van der Waals surface area (Å²) in [6.45, 7) is 2.13. The van der Waals surface area contributed by atoms with E-state index in [0.29, 0.717) is 0 Å². The van der Waals surface area contributed by atoms with Crippen molar-refractivity contribution in [3.8, 4) is 11.3 Å². The number of hydrogen-bond acceptors (Lipinski definition) is 4. The fraction of sp³-hybridized carbons (Fsp3) is 0.200. The van der Waals surface area contributed by atoms with Crippen LogP contribution in [0.3, 0.4) is 0 Å². The van der Waals surface area contributed by atoms with Gasteiger partial charge in [-0.1, -0.05) is 43.7 Å². The molecule has 1 aromatic carbocycles. The van der Waals surface area contributed by atoms with Crippen LogP contribution < -0.4 is 11.3 Å². The summed E-state index contributed by atoms with van der Waals surface area (Å²) in [6, 6.07) is 14.0. The fourth-order valence-corrected chi connectivity index (χ4v) is 2.26. The van der Waals surface area contributed by atoms with Crippen molar-refractivity contribution in [2.75, 3.05) is 5.43 Å². The number of fused-ring (bicyclic) bond motifs is 1. The second-order valence-electron chi connectivity index (χ2n) is 4.69. The standard InChI is InChI=1S/C15H17N5/c1-2-6-12-9-15(18-16)20-14(17-12)10-13(19-20)11-7-4-3-5-8-11/h3-5,7-10,18H,2,6,16H2,1H3. The molecule has 102 valence electrons. The Balaban J connectivity index is 2.14. The first kappa shape index (κ1) is 12.6. The Morgan fingerprint density at radius 3 is 2.70 bits per heavy atom. The number of nitrogens with zero attached hydrogens (tertiary/aromatic N) is 3. The molecule has 0 saturated heterocycles. The minimum atomic E-state index is 0.751. The molecule has 0 amide bonds. The molecule has 0 saturated carbocycles. The van der Waals surface area contributed by atoms with E-state index in [1.165, 1.54) is 0 Å². The van der Waals surface area contributed by atoms with Crippen molar-refractivity contribution in [1.29, 1.82) is 0 Å². The van der Waals surface area contributed by atoms with Crippen LogP contribution in [-0.2, 0) is 6.42 Å². The number of rotatable bonds is 4. The van der Waals surface area contributed by atoms with Crippen molar-refractivity contribution in [1.82, 2.24) is 14.6 Å². The molecule has 0 atom stereocenters. The first-order valence-corrected chi connectivity index (χ1v) is 6.73. The molecule has 3 N–H and O–H groups in total. The number of hydrogen-bond donors (Lipinski definition) is 2. The third-order valence-corrected chi connectivity index (χ3v) is 3.20. The summed E-state index contributed by atoms with van der Waals surface area (Å²) in [7, 11) is 0. The molecule has 3 rings (SSSR count). The van der Waals surface area contributed by atoms with Crippen LogP contribution in [0.5, 0.6) is 0 Å². The van der Waals surface area contributed by atoms with E-state index >= 15 is 0 Å². The van der Waals surface area contributed by atoms with Gasteiger partial charge in [-0.05, 0) is 6.42 Å². The van der Waals surface area contributed by atoms with Crippen molar-refractivity contribution >= 4 is 11.5 Å². The molecule has 0 unspecified atom stereocenters. The second-order valence-corrected chi connectivity index (χ2v) is 4.69. The topological polar surface area (TPSA) is 68.2 Å². The first-order valence-electron chi connectivity index (χ1n) is 6.73. The third kappa shape index (κ3) is 2.23. The molecule has 0 bridgehead atoms. The lowest BCUT2D eigenvalue weighted by Gasteiger charge is -2.05. The maximum atomic E-state index is 5.59. The van der Waals surface area contributed by atoms with E-state index in [9.17, 15) is 0 Å². The highest BCUT2D eigenvalue weighted by Gasteiger charge is 2.09. The van der Waals surface area contributed by atoms with Gasteiger partial charge in [0.05, 0.1) is 5.69 Å². The van der Waals surface area contributed by atoms with Crippen LogP contribution in [0, 0.1) is 0 Å². The zero-order valence-corrected chi connectivity index (χ0v) is 11.4. The first-order chi connectivity index (χ1) is 9.81. The molecule has 0 aliphatic heterocycles. The quantitative estimate of drug-likeness (QED) is 0.563. The fourth-order valence-electron chi connectivity index (χ4n) is 2.26. The molecular formula is C15H17N5. The van der Waals surface area contributed by atoms with E-state index in [-0.39, 0.29) is 0 Å². The number of hydrazine groups is 1. The van der Waals surface area contributed by atoms with E-state index in [4.69, 9.17) is 5.84 Å². The molecule has 0 fully saturated rings. The number of nitrogen functional groups attached to an aromatic ring is 1. The third-order valence-electron chi connectivity index (χ3n) is 3.20. The molecule has 0 aliphatic rings. The van der Waals surface area contributed by atoms with Crippen molar-refractivity contribution < 1.29 is 0 Å². The van der Waals surface area contributed by atoms with Crippen LogP contribution in [0.2, 0.25) is 0 Å². The van der Waals surface area contributed by atoms with Crippen molar-refractivity contribution in [2.45, 2.75) is 19.8 Å². The Hall–Kier alpha value is -2.40. The molecular weight excluding hydrogens is 250 g/mol. The van der Waals surface area contributed by atoms with E-state index < -0.39 is 0 Å². The zero-order chi connectivity index (χ0) is 13.9. The zero-order valence-electron chi connectivity index (χ0n) is 11.4. The highest BCUT2D eigenvalue weighted by Crippen LogP contribution is 2.21. The molecule has 3 aromatic rings. The van der Waals surface area contributed by atoms with Crippen LogP contribution in [0.25, 0.3) is 16.9 Å². The highest BCUT2D eigenvalue weighted by molar-refractivity contribution is 5.65. The van der Waals surface area contributed by atoms with Gasteiger partial charge >= 0.3 is 0 Å². The van der Waals surface area contributed by atoms with Gasteiger partial charge in [0.1, 0.15) is 5.82 Å². The Morgan fingerprint density at radius 2 is 2.00 bits per heavy atom. The Labute approximate surface area is 117 Å². The van der Waals surface area contributed by atoms with Gasteiger partial charge in [-0.3, -0.25) is 0 Å². The van der Waals surface area contributed by atoms with Crippen LogP contribution >= 0.6 is 0 Å². The average Bonchev–Trinajstić information content (AvgIpc) is 2.91. The largest absolute Gasteiger partial charge is 0.308 e. The maximum Gasteiger partial charge on any atom is 0.158 e. The molecule has 2 heterocycles. The molecule has 0 spiro atoms. The predicted molar refractivity (Wildman–Crippen MR) is 80.2 cm³/mol. The van der Waals surface area contributed by atoms with Gasteiger partial charge in [0.25, 0.3) is 0 Å². The van der Waals surface area contributed by atoms with E-state index in [1.54, 1.807) is 4.52 Å². The number of anilines is 1. The Bertz CT molecular complexity index is 718. The van der Waals surface area contributed by atoms with Gasteiger partial charge in [-0.15, -0.1) is 0 Å². The highest BCUT2D eigenvalue weighted by atomic mass is 15.4. The lowest BCUT2D eigenvalue weighted by atomic mass is 10.2. The summed E-state index contributed by atoms with van der Waals surface area (Å²) in [5, 5.41) is 4.57. The Kier molecular flexibility index (Phi) is 3.35. The number of nitrogens with two attached hydrogens (primary N) is 1. The SMILES string of the molecule is CCCc1cc(NN)n2nc(-c3ccccc3)cc2n1. The minimum Gasteiger partial charge on any atom is -0.308 e. The van der Waals surface area contributed by atoms with E-state index in [2.05, 4.69) is 22.4 Å². The summed E-state index contributed by atoms with van der Waals surface area (Å²) >= 11 is 0. The van der Waals surface area contributed by atoms with Gasteiger partial charge in [0, 0.05) is 23.4 Å². The van der Waals surface area contributed by atoms with Crippen LogP contribution in [-0.4, -0.2) is 14.6 Å². The number of aromatic nitrogens is 3. The Morgan fingerprint density at radius 1 is 1.20 bits per heavy atom. The monoisotopic (exact) mass is 267 g/mol. The lowest BCUT2D eigenvalue weighted by Crippen LogP contribution is -2.13. The van der Waals surface area contributed by atoms with Crippen molar-refractivity contribution in [3.05, 3.63) is 48.2 Å². The number of nitrogens with one attached hydrogen (secondary N) is 1. The smallest absolute Gasteiger partial charge is 0.158 e. The van der Waals surface area contributed by atoms with Crippen molar-refractivity contribution in [2.24, 2.45) is 5.84 Å². The van der Waals surface area contributed by atoms with E-state index in [0.717, 1.165) is 41.3 Å². The van der Waals surface area contributed by atoms with Gasteiger partial charge in [0.2, 0.25) is 0 Å². The summed E-state index contributed by atoms with van der Waals surface area (Å²) in [6.07, 6.45) is 1.98. The maximum absolute atomic E-state index is 5.59. The van der Waals surface area contributed by atoms with E-state index in [1.807, 2.05) is 42.5 Å². The predicted octanol–water partition coefficient (Wildman–Crippen LogP) is 2.63. The summed E-state index contributed by atoms with van der Waals surface area (Å²) in [4.78, 5) is 4.62. The molecule has 20 heavy (non-hydrogen) atoms. The van der Waals surface area contributed by atoms with Crippen LogP contribution in [0.1, 0.15) is 19.0 Å². The van der Waals surface area contributed by atoms with Gasteiger partial charge < -0.3 is 5.43 Å². The normalized spacial score (nSPS) is 10.9. The van der Waals surface area contributed by atoms with Crippen LogP contribution in [0.15, 0.2) is 42.5 Å². The number of aryl methyl sites for hydroxylation is 1. The second kappa shape index (κ2) is 5.30. The summed E-state index contributed by atoms with van der Waals surface area (Å²) < 4.78 is 1.74. The number of benzene rings is 1. The molecule has 0 radical (unpaired) electrons.